The number of fused-ring (bicyclic) bond motifs is 1. The zero-order valence-electron chi connectivity index (χ0n) is 9.68. The van der Waals surface area contributed by atoms with Crippen LogP contribution in [0.25, 0.3) is 0 Å². The minimum Gasteiger partial charge on any atom is -0.506 e. The molecule has 0 unspecified atom stereocenters. The molecule has 0 radical (unpaired) electrons. The Morgan fingerprint density at radius 3 is 2.94 bits per heavy atom. The molecular weight excluding hydrogens is 240 g/mol. The first-order valence-electron chi connectivity index (χ1n) is 5.64. The van der Waals surface area contributed by atoms with Gasteiger partial charge in [-0.15, -0.1) is 0 Å². The first kappa shape index (κ1) is 12.2. The Kier molecular flexibility index (Phi) is 3.26. The number of benzene rings is 1. The number of nitrogens with one attached hydrogen (secondary N) is 1. The van der Waals surface area contributed by atoms with E-state index in [0.29, 0.717) is 18.8 Å². The van der Waals surface area contributed by atoms with Gasteiger partial charge in [0.1, 0.15) is 5.75 Å². The molecule has 1 aliphatic heterocycles. The van der Waals surface area contributed by atoms with Crippen molar-refractivity contribution in [1.82, 2.24) is 4.72 Å². The third-order valence-electron chi connectivity index (χ3n) is 2.77. The molecule has 0 amide bonds. The summed E-state index contributed by atoms with van der Waals surface area (Å²) in [4.78, 5) is 0. The van der Waals surface area contributed by atoms with E-state index >= 15 is 0 Å². The Bertz CT molecular complexity index is 513. The largest absolute Gasteiger partial charge is 0.506 e. The SMILES string of the molecule is CCNS(=O)(=O)N1CCCc2cccc(O)c21. The number of aryl methyl sites for hydroxylation is 1. The molecule has 0 bridgehead atoms. The molecule has 0 aromatic heterocycles. The monoisotopic (exact) mass is 256 g/mol. The zero-order chi connectivity index (χ0) is 12.5. The molecule has 0 fully saturated rings. The van der Waals surface area contributed by atoms with Gasteiger partial charge in [-0.2, -0.15) is 13.1 Å². The van der Waals surface area contributed by atoms with Gasteiger partial charge in [-0.1, -0.05) is 19.1 Å². The highest BCUT2D eigenvalue weighted by Gasteiger charge is 2.28. The van der Waals surface area contributed by atoms with Gasteiger partial charge >= 0.3 is 10.2 Å². The summed E-state index contributed by atoms with van der Waals surface area (Å²) in [5.41, 5.74) is 1.29. The molecule has 0 aliphatic carbocycles. The Morgan fingerprint density at radius 1 is 1.47 bits per heavy atom. The Labute approximate surface area is 101 Å². The van der Waals surface area contributed by atoms with Crippen LogP contribution in [-0.2, 0) is 16.6 Å². The van der Waals surface area contributed by atoms with Crippen LogP contribution < -0.4 is 9.03 Å². The van der Waals surface area contributed by atoms with Crippen LogP contribution in [0.15, 0.2) is 18.2 Å². The second-order valence-electron chi connectivity index (χ2n) is 3.96. The topological polar surface area (TPSA) is 69.6 Å². The summed E-state index contributed by atoms with van der Waals surface area (Å²) in [6.07, 6.45) is 1.56. The quantitative estimate of drug-likeness (QED) is 0.847. The molecule has 2 N–H and O–H groups in total. The van der Waals surface area contributed by atoms with Crippen molar-refractivity contribution in [2.45, 2.75) is 19.8 Å². The van der Waals surface area contributed by atoms with Gasteiger partial charge in [0.05, 0.1) is 5.69 Å². The number of phenolic OH excluding ortho intramolecular Hbond substituents is 1. The van der Waals surface area contributed by atoms with Crippen molar-refractivity contribution >= 4 is 15.9 Å². The average molecular weight is 256 g/mol. The standard InChI is InChI=1S/C11H16N2O3S/c1-2-12-17(15,16)13-8-4-6-9-5-3-7-10(14)11(9)13/h3,5,7,12,14H,2,4,6,8H2,1H3. The van der Waals surface area contributed by atoms with Crippen molar-refractivity contribution in [3.05, 3.63) is 23.8 Å². The van der Waals surface area contributed by atoms with Crippen LogP contribution in [0, 0.1) is 0 Å². The fraction of sp³-hybridized carbons (Fsp3) is 0.455. The number of aromatic hydroxyl groups is 1. The van der Waals surface area contributed by atoms with E-state index in [1.54, 1.807) is 13.0 Å². The van der Waals surface area contributed by atoms with Gasteiger partial charge in [-0.3, -0.25) is 4.31 Å². The number of nitrogens with zero attached hydrogens (tertiary/aromatic N) is 1. The van der Waals surface area contributed by atoms with Crippen LogP contribution >= 0.6 is 0 Å². The summed E-state index contributed by atoms with van der Waals surface area (Å²) < 4.78 is 27.7. The third-order valence-corrected chi connectivity index (χ3v) is 4.37. The van der Waals surface area contributed by atoms with E-state index in [1.807, 2.05) is 6.07 Å². The van der Waals surface area contributed by atoms with E-state index < -0.39 is 10.2 Å². The first-order valence-corrected chi connectivity index (χ1v) is 7.08. The number of phenols is 1. The van der Waals surface area contributed by atoms with Gasteiger partial charge in [0.2, 0.25) is 0 Å². The van der Waals surface area contributed by atoms with Crippen LogP contribution in [0.3, 0.4) is 0 Å². The third kappa shape index (κ3) is 2.23. The van der Waals surface area contributed by atoms with Gasteiger partial charge in [-0.25, -0.2) is 0 Å². The normalized spacial score (nSPS) is 15.7. The van der Waals surface area contributed by atoms with E-state index in [4.69, 9.17) is 0 Å². The van der Waals surface area contributed by atoms with E-state index in [1.165, 1.54) is 10.4 Å². The smallest absolute Gasteiger partial charge is 0.301 e. The maximum atomic E-state index is 12.0. The fourth-order valence-electron chi connectivity index (χ4n) is 2.09. The lowest BCUT2D eigenvalue weighted by Crippen LogP contribution is -2.43. The van der Waals surface area contributed by atoms with E-state index in [0.717, 1.165) is 18.4 Å². The summed E-state index contributed by atoms with van der Waals surface area (Å²) in [6.45, 7) is 2.47. The highest BCUT2D eigenvalue weighted by molar-refractivity contribution is 7.90. The van der Waals surface area contributed by atoms with Gasteiger partial charge in [-0.05, 0) is 24.5 Å². The van der Waals surface area contributed by atoms with Crippen molar-refractivity contribution in [2.24, 2.45) is 0 Å². The number of anilines is 1. The van der Waals surface area contributed by atoms with Crippen molar-refractivity contribution in [3.63, 3.8) is 0 Å². The lowest BCUT2D eigenvalue weighted by Gasteiger charge is -2.30. The van der Waals surface area contributed by atoms with Gasteiger partial charge in [0.25, 0.3) is 0 Å². The Balaban J connectivity index is 2.48. The fourth-order valence-corrected chi connectivity index (χ4v) is 3.43. The van der Waals surface area contributed by atoms with Crippen molar-refractivity contribution in [3.8, 4) is 5.75 Å². The molecule has 0 spiro atoms. The second-order valence-corrected chi connectivity index (χ2v) is 5.64. The lowest BCUT2D eigenvalue weighted by molar-refractivity contribution is 0.472. The average Bonchev–Trinajstić information content (AvgIpc) is 2.28. The van der Waals surface area contributed by atoms with Crippen LogP contribution in [0.1, 0.15) is 18.9 Å². The molecule has 1 aromatic rings. The molecule has 0 saturated carbocycles. The van der Waals surface area contributed by atoms with Gasteiger partial charge in [0.15, 0.2) is 0 Å². The predicted molar refractivity (Wildman–Crippen MR) is 66.4 cm³/mol. The highest BCUT2D eigenvalue weighted by Crippen LogP contribution is 2.36. The van der Waals surface area contributed by atoms with Crippen LogP contribution in [0.2, 0.25) is 0 Å². The van der Waals surface area contributed by atoms with E-state index in [2.05, 4.69) is 4.72 Å². The summed E-state index contributed by atoms with van der Waals surface area (Å²) in [5.74, 6) is 0.0173. The van der Waals surface area contributed by atoms with Gasteiger partial charge in [0, 0.05) is 13.1 Å². The molecule has 1 aromatic carbocycles. The number of hydrogen-bond donors (Lipinski definition) is 2. The maximum Gasteiger partial charge on any atom is 0.301 e. The molecule has 5 nitrogen and oxygen atoms in total. The Hall–Kier alpha value is -1.27. The van der Waals surface area contributed by atoms with Crippen molar-refractivity contribution < 1.29 is 13.5 Å². The second kappa shape index (κ2) is 4.54. The highest BCUT2D eigenvalue weighted by atomic mass is 32.2. The molecular formula is C11H16N2O3S. The van der Waals surface area contributed by atoms with Gasteiger partial charge < -0.3 is 5.11 Å². The Morgan fingerprint density at radius 2 is 2.24 bits per heavy atom. The molecule has 1 aliphatic rings. The van der Waals surface area contributed by atoms with Crippen molar-refractivity contribution in [2.75, 3.05) is 17.4 Å². The molecule has 17 heavy (non-hydrogen) atoms. The van der Waals surface area contributed by atoms with E-state index in [-0.39, 0.29) is 5.75 Å². The number of para-hydroxylation sites is 1. The molecule has 0 saturated heterocycles. The number of hydrogen-bond acceptors (Lipinski definition) is 3. The molecule has 1 heterocycles. The first-order chi connectivity index (χ1) is 8.06. The zero-order valence-corrected chi connectivity index (χ0v) is 10.5. The molecule has 6 heteroatoms. The molecule has 94 valence electrons. The molecule has 2 rings (SSSR count). The van der Waals surface area contributed by atoms with Crippen LogP contribution in [-0.4, -0.2) is 26.6 Å². The summed E-state index contributed by atoms with van der Waals surface area (Å²) in [5, 5.41) is 9.82. The summed E-state index contributed by atoms with van der Waals surface area (Å²) >= 11 is 0. The van der Waals surface area contributed by atoms with Crippen molar-refractivity contribution in [1.29, 1.82) is 0 Å². The number of rotatable bonds is 3. The lowest BCUT2D eigenvalue weighted by atomic mass is 10.0. The maximum absolute atomic E-state index is 12.0. The summed E-state index contributed by atoms with van der Waals surface area (Å²) in [6, 6.07) is 5.10. The van der Waals surface area contributed by atoms with E-state index in [9.17, 15) is 13.5 Å². The van der Waals surface area contributed by atoms with Crippen LogP contribution in [0.5, 0.6) is 5.75 Å². The predicted octanol–water partition coefficient (Wildman–Crippen LogP) is 0.999. The molecule has 0 atom stereocenters. The van der Waals surface area contributed by atoms with Crippen LogP contribution in [0.4, 0.5) is 5.69 Å². The summed E-state index contributed by atoms with van der Waals surface area (Å²) in [7, 11) is -3.55. The minimum absolute atomic E-state index is 0.0173. The minimum atomic E-state index is -3.55.